The summed E-state index contributed by atoms with van der Waals surface area (Å²) in [6, 6.07) is 0. The molecular weight excluding hydrogens is 248 g/mol. The summed E-state index contributed by atoms with van der Waals surface area (Å²) in [5.74, 6) is 1.25. The van der Waals surface area contributed by atoms with Crippen LogP contribution in [0.4, 0.5) is 0 Å². The lowest BCUT2D eigenvalue weighted by atomic mass is 9.86. The Kier molecular flexibility index (Phi) is 10.00. The van der Waals surface area contributed by atoms with Gasteiger partial charge in [0.25, 0.3) is 0 Å². The summed E-state index contributed by atoms with van der Waals surface area (Å²) in [5.41, 5.74) is 0. The quantitative estimate of drug-likeness (QED) is 0.463. The van der Waals surface area contributed by atoms with Gasteiger partial charge in [-0.1, -0.05) is 58.3 Å². The van der Waals surface area contributed by atoms with Gasteiger partial charge in [0.2, 0.25) is 0 Å². The Morgan fingerprint density at radius 2 is 1.65 bits per heavy atom. The van der Waals surface area contributed by atoms with Gasteiger partial charge in [-0.25, -0.2) is 0 Å². The number of ether oxygens (including phenoxy) is 1. The van der Waals surface area contributed by atoms with Gasteiger partial charge in [-0.05, 0) is 25.2 Å². The van der Waals surface area contributed by atoms with Crippen molar-refractivity contribution in [3.63, 3.8) is 0 Å². The predicted molar refractivity (Wildman–Crippen MR) is 84.9 cm³/mol. The van der Waals surface area contributed by atoms with Crippen LogP contribution in [0.3, 0.4) is 0 Å². The molecule has 1 aliphatic carbocycles. The third kappa shape index (κ3) is 6.88. The van der Waals surface area contributed by atoms with E-state index in [0.29, 0.717) is 18.3 Å². The number of unbranched alkanes of at least 4 members (excludes halogenated alkanes) is 6. The molecule has 1 unspecified atom stereocenters. The van der Waals surface area contributed by atoms with Gasteiger partial charge in [0, 0.05) is 19.4 Å². The summed E-state index contributed by atoms with van der Waals surface area (Å²) in [5, 5.41) is 0. The van der Waals surface area contributed by atoms with E-state index in [-0.39, 0.29) is 5.92 Å². The van der Waals surface area contributed by atoms with Crippen LogP contribution in [0.15, 0.2) is 0 Å². The Morgan fingerprint density at radius 3 is 2.25 bits per heavy atom. The number of Topliss-reactive ketones (excluding diaryl/α,β-unsaturated/α-hetero) is 1. The predicted octanol–water partition coefficient (Wildman–Crippen LogP) is 5.15. The Labute approximate surface area is 125 Å². The smallest absolute Gasteiger partial charge is 0.138 e. The molecule has 0 aromatic heterocycles. The fraction of sp³-hybridized carbons (Fsp3) is 0.944. The number of rotatable bonds is 12. The molecular formula is C18H34O2. The van der Waals surface area contributed by atoms with E-state index in [2.05, 4.69) is 6.92 Å². The number of hydrogen-bond donors (Lipinski definition) is 0. The third-order valence-electron chi connectivity index (χ3n) is 4.76. The molecule has 0 aliphatic heterocycles. The molecule has 1 atom stereocenters. The lowest BCUT2D eigenvalue weighted by Crippen LogP contribution is -2.26. The molecule has 0 radical (unpaired) electrons. The van der Waals surface area contributed by atoms with Gasteiger partial charge in [-0.2, -0.15) is 0 Å². The van der Waals surface area contributed by atoms with Crippen LogP contribution in [0.1, 0.15) is 84.0 Å². The van der Waals surface area contributed by atoms with Crippen LogP contribution < -0.4 is 0 Å². The summed E-state index contributed by atoms with van der Waals surface area (Å²) >= 11 is 0. The third-order valence-corrected chi connectivity index (χ3v) is 4.76. The van der Waals surface area contributed by atoms with Gasteiger partial charge in [-0.3, -0.25) is 4.79 Å². The molecule has 1 saturated carbocycles. The Hall–Kier alpha value is -0.370. The molecule has 1 rings (SSSR count). The largest absolute Gasteiger partial charge is 0.384 e. The topological polar surface area (TPSA) is 26.3 Å². The van der Waals surface area contributed by atoms with Crippen molar-refractivity contribution < 1.29 is 9.53 Å². The molecule has 0 aromatic rings. The molecule has 0 bridgehead atoms. The molecule has 2 heteroatoms. The summed E-state index contributed by atoms with van der Waals surface area (Å²) in [4.78, 5) is 12.4. The molecule has 0 spiro atoms. The van der Waals surface area contributed by atoms with E-state index in [1.54, 1.807) is 7.11 Å². The molecule has 118 valence electrons. The second-order valence-corrected chi connectivity index (χ2v) is 6.44. The van der Waals surface area contributed by atoms with Gasteiger partial charge >= 0.3 is 0 Å². The maximum Gasteiger partial charge on any atom is 0.138 e. The normalized spacial score (nSPS) is 17.5. The average Bonchev–Trinajstić information content (AvgIpc) is 2.97. The van der Waals surface area contributed by atoms with Crippen molar-refractivity contribution >= 4 is 5.78 Å². The first kappa shape index (κ1) is 17.7. The zero-order valence-electron chi connectivity index (χ0n) is 13.7. The monoisotopic (exact) mass is 282 g/mol. The number of methoxy groups -OCH3 is 1. The Morgan fingerprint density at radius 1 is 1.05 bits per heavy atom. The van der Waals surface area contributed by atoms with E-state index in [1.165, 1.54) is 64.2 Å². The van der Waals surface area contributed by atoms with E-state index in [0.717, 1.165) is 12.8 Å². The minimum Gasteiger partial charge on any atom is -0.384 e. The van der Waals surface area contributed by atoms with Crippen LogP contribution in [0.25, 0.3) is 0 Å². The highest BCUT2D eigenvalue weighted by Crippen LogP contribution is 2.33. The molecule has 0 heterocycles. The highest BCUT2D eigenvalue weighted by atomic mass is 16.5. The van der Waals surface area contributed by atoms with Crippen LogP contribution in [-0.4, -0.2) is 19.5 Å². The molecule has 0 aromatic carbocycles. The van der Waals surface area contributed by atoms with Crippen LogP contribution in [0.5, 0.6) is 0 Å². The van der Waals surface area contributed by atoms with E-state index >= 15 is 0 Å². The summed E-state index contributed by atoms with van der Waals surface area (Å²) in [7, 11) is 1.73. The molecule has 1 fully saturated rings. The maximum absolute atomic E-state index is 12.4. The minimum absolute atomic E-state index is 0.183. The van der Waals surface area contributed by atoms with Crippen molar-refractivity contribution in [2.45, 2.75) is 84.0 Å². The van der Waals surface area contributed by atoms with Crippen LogP contribution in [-0.2, 0) is 9.53 Å². The van der Waals surface area contributed by atoms with Crippen LogP contribution in [0, 0.1) is 11.8 Å². The number of carbonyl (C=O) groups is 1. The van der Waals surface area contributed by atoms with Gasteiger partial charge in [-0.15, -0.1) is 0 Å². The number of ketones is 1. The van der Waals surface area contributed by atoms with Crippen molar-refractivity contribution in [3.8, 4) is 0 Å². The molecule has 0 amide bonds. The number of carbonyl (C=O) groups excluding carboxylic acids is 1. The minimum atomic E-state index is 0.183. The van der Waals surface area contributed by atoms with Crippen LogP contribution >= 0.6 is 0 Å². The van der Waals surface area contributed by atoms with Crippen molar-refractivity contribution in [1.82, 2.24) is 0 Å². The van der Waals surface area contributed by atoms with E-state index in [4.69, 9.17) is 4.74 Å². The van der Waals surface area contributed by atoms with Crippen molar-refractivity contribution in [1.29, 1.82) is 0 Å². The van der Waals surface area contributed by atoms with Crippen molar-refractivity contribution in [2.24, 2.45) is 11.8 Å². The van der Waals surface area contributed by atoms with Gasteiger partial charge in [0.1, 0.15) is 5.78 Å². The molecule has 20 heavy (non-hydrogen) atoms. The standard InChI is InChI=1S/C18H34O2/c1-3-4-5-6-7-8-9-14-18(19)17(15-20-2)16-12-10-11-13-16/h16-17H,3-15H2,1-2H3. The first-order valence-electron chi connectivity index (χ1n) is 8.81. The summed E-state index contributed by atoms with van der Waals surface area (Å²) in [6.45, 7) is 2.89. The van der Waals surface area contributed by atoms with E-state index in [1.807, 2.05) is 0 Å². The molecule has 2 nitrogen and oxygen atoms in total. The number of hydrogen-bond acceptors (Lipinski definition) is 2. The fourth-order valence-electron chi connectivity index (χ4n) is 3.47. The van der Waals surface area contributed by atoms with Crippen molar-refractivity contribution in [3.05, 3.63) is 0 Å². The molecule has 0 saturated heterocycles. The van der Waals surface area contributed by atoms with Gasteiger partial charge in [0.05, 0.1) is 6.61 Å². The van der Waals surface area contributed by atoms with Crippen molar-refractivity contribution in [2.75, 3.05) is 13.7 Å². The average molecular weight is 282 g/mol. The van der Waals surface area contributed by atoms with E-state index < -0.39 is 0 Å². The summed E-state index contributed by atoms with van der Waals surface area (Å²) in [6.07, 6.45) is 14.8. The maximum atomic E-state index is 12.4. The highest BCUT2D eigenvalue weighted by molar-refractivity contribution is 5.81. The summed E-state index contributed by atoms with van der Waals surface area (Å²) < 4.78 is 5.29. The molecule has 0 N–H and O–H groups in total. The zero-order chi connectivity index (χ0) is 14.6. The van der Waals surface area contributed by atoms with Gasteiger partial charge < -0.3 is 4.74 Å². The van der Waals surface area contributed by atoms with Gasteiger partial charge in [0.15, 0.2) is 0 Å². The SMILES string of the molecule is CCCCCCCCCC(=O)C(COC)C1CCCC1. The molecule has 1 aliphatic rings. The van der Waals surface area contributed by atoms with E-state index in [9.17, 15) is 4.79 Å². The second kappa shape index (κ2) is 11.3. The first-order valence-corrected chi connectivity index (χ1v) is 8.81. The highest BCUT2D eigenvalue weighted by Gasteiger charge is 2.29. The first-order chi connectivity index (χ1) is 9.79. The second-order valence-electron chi connectivity index (χ2n) is 6.44. The Bertz CT molecular complexity index is 244. The lowest BCUT2D eigenvalue weighted by molar-refractivity contribution is -0.126. The van der Waals surface area contributed by atoms with Crippen LogP contribution in [0.2, 0.25) is 0 Å². The fourth-order valence-corrected chi connectivity index (χ4v) is 3.47. The lowest BCUT2D eigenvalue weighted by Gasteiger charge is -2.21. The zero-order valence-corrected chi connectivity index (χ0v) is 13.7. The Balaban J connectivity index is 2.14.